The number of benzene rings is 2. The van der Waals surface area contributed by atoms with Crippen molar-refractivity contribution in [3.05, 3.63) is 60.0 Å². The lowest BCUT2D eigenvalue weighted by molar-refractivity contribution is -0.129. The minimum absolute atomic E-state index is 0.134. The summed E-state index contributed by atoms with van der Waals surface area (Å²) in [6, 6.07) is 13.5. The Morgan fingerprint density at radius 3 is 2.46 bits per heavy atom. The Morgan fingerprint density at radius 2 is 1.73 bits per heavy atom. The molecule has 3 aromatic rings. The Balaban J connectivity index is 1.67. The second-order valence-corrected chi connectivity index (χ2v) is 6.83. The van der Waals surface area contributed by atoms with Crippen molar-refractivity contribution < 1.29 is 9.18 Å². The highest BCUT2D eigenvalue weighted by Gasteiger charge is 2.19. The first-order valence-electron chi connectivity index (χ1n) is 8.91. The Labute approximate surface area is 152 Å². The quantitative estimate of drug-likeness (QED) is 0.704. The van der Waals surface area contributed by atoms with E-state index in [2.05, 4.69) is 17.0 Å². The number of fused-ring (bicyclic) bond motifs is 1. The van der Waals surface area contributed by atoms with Gasteiger partial charge in [0.1, 0.15) is 5.82 Å². The number of carbonyl (C=O) groups excluding carboxylic acids is 1. The van der Waals surface area contributed by atoms with Gasteiger partial charge in [-0.25, -0.2) is 4.39 Å². The van der Waals surface area contributed by atoms with Crippen molar-refractivity contribution in [1.29, 1.82) is 0 Å². The molecule has 0 spiro atoms. The molecular formula is C21H22FN3O. The van der Waals surface area contributed by atoms with Crippen LogP contribution < -0.4 is 4.90 Å². The summed E-state index contributed by atoms with van der Waals surface area (Å²) in [5.74, 6) is -0.0597. The van der Waals surface area contributed by atoms with E-state index in [-0.39, 0.29) is 11.7 Å². The van der Waals surface area contributed by atoms with E-state index in [0.717, 1.165) is 48.6 Å². The van der Waals surface area contributed by atoms with Crippen LogP contribution in [0.1, 0.15) is 12.5 Å². The van der Waals surface area contributed by atoms with Gasteiger partial charge in [-0.05, 0) is 42.8 Å². The summed E-state index contributed by atoms with van der Waals surface area (Å²) in [6.07, 6.45) is 1.92. The van der Waals surface area contributed by atoms with Crippen molar-refractivity contribution >= 4 is 22.5 Å². The van der Waals surface area contributed by atoms with Gasteiger partial charge in [-0.2, -0.15) is 0 Å². The van der Waals surface area contributed by atoms with Crippen LogP contribution in [-0.2, 0) is 4.79 Å². The molecule has 0 bridgehead atoms. The van der Waals surface area contributed by atoms with Crippen molar-refractivity contribution in [1.82, 2.24) is 9.47 Å². The Hall–Kier alpha value is -2.82. The third-order valence-electron chi connectivity index (χ3n) is 5.19. The molecule has 0 unspecified atom stereocenters. The van der Waals surface area contributed by atoms with Gasteiger partial charge in [0.2, 0.25) is 5.91 Å². The van der Waals surface area contributed by atoms with E-state index in [1.807, 2.05) is 46.9 Å². The molecular weight excluding hydrogens is 329 g/mol. The van der Waals surface area contributed by atoms with Gasteiger partial charge in [0, 0.05) is 56.1 Å². The standard InChI is InChI=1S/C21H22FN3O/c1-15-6-7-20(22)19-8-9-25(21(15)19)18-5-3-4-17(14-18)24-12-10-23(11-13-24)16(2)26/h3-9,14H,10-13H2,1-2H3. The molecule has 4 rings (SSSR count). The minimum atomic E-state index is -0.194. The van der Waals surface area contributed by atoms with Gasteiger partial charge in [-0.3, -0.25) is 4.79 Å². The SMILES string of the molecule is CC(=O)N1CCN(c2cccc(-n3ccc4c(F)ccc(C)c43)c2)CC1. The summed E-state index contributed by atoms with van der Waals surface area (Å²) >= 11 is 0. The van der Waals surface area contributed by atoms with E-state index in [4.69, 9.17) is 0 Å². The molecule has 0 saturated carbocycles. The summed E-state index contributed by atoms with van der Waals surface area (Å²) in [6.45, 7) is 6.76. The van der Waals surface area contributed by atoms with E-state index >= 15 is 0 Å². The van der Waals surface area contributed by atoms with Crippen LogP contribution in [0.2, 0.25) is 0 Å². The predicted molar refractivity (Wildman–Crippen MR) is 102 cm³/mol. The number of anilines is 1. The summed E-state index contributed by atoms with van der Waals surface area (Å²) in [5.41, 5.74) is 4.09. The van der Waals surface area contributed by atoms with Crippen LogP contribution in [0.3, 0.4) is 0 Å². The molecule has 1 saturated heterocycles. The average Bonchev–Trinajstić information content (AvgIpc) is 3.11. The van der Waals surface area contributed by atoms with Gasteiger partial charge < -0.3 is 14.4 Å². The molecule has 0 atom stereocenters. The van der Waals surface area contributed by atoms with Crippen molar-refractivity contribution in [3.8, 4) is 5.69 Å². The van der Waals surface area contributed by atoms with Gasteiger partial charge in [-0.1, -0.05) is 12.1 Å². The third-order valence-corrected chi connectivity index (χ3v) is 5.19. The zero-order valence-corrected chi connectivity index (χ0v) is 15.1. The van der Waals surface area contributed by atoms with Gasteiger partial charge in [-0.15, -0.1) is 0 Å². The highest BCUT2D eigenvalue weighted by Crippen LogP contribution is 2.28. The van der Waals surface area contributed by atoms with Crippen LogP contribution in [0.4, 0.5) is 10.1 Å². The number of amides is 1. The van der Waals surface area contributed by atoms with Crippen molar-refractivity contribution in [2.45, 2.75) is 13.8 Å². The van der Waals surface area contributed by atoms with Crippen LogP contribution in [0.15, 0.2) is 48.7 Å². The minimum Gasteiger partial charge on any atom is -0.368 e. The Kier molecular flexibility index (Phi) is 4.15. The van der Waals surface area contributed by atoms with Crippen LogP contribution in [0, 0.1) is 12.7 Å². The smallest absolute Gasteiger partial charge is 0.219 e. The fourth-order valence-corrected chi connectivity index (χ4v) is 3.73. The number of hydrogen-bond acceptors (Lipinski definition) is 2. The van der Waals surface area contributed by atoms with Gasteiger partial charge in [0.15, 0.2) is 0 Å². The maximum Gasteiger partial charge on any atom is 0.219 e. The molecule has 2 aromatic carbocycles. The van der Waals surface area contributed by atoms with E-state index in [0.29, 0.717) is 5.39 Å². The lowest BCUT2D eigenvalue weighted by Crippen LogP contribution is -2.48. The van der Waals surface area contributed by atoms with E-state index in [1.165, 1.54) is 6.07 Å². The first kappa shape index (κ1) is 16.6. The number of piperazine rings is 1. The molecule has 1 fully saturated rings. The second-order valence-electron chi connectivity index (χ2n) is 6.83. The molecule has 4 nitrogen and oxygen atoms in total. The van der Waals surface area contributed by atoms with Gasteiger partial charge >= 0.3 is 0 Å². The highest BCUT2D eigenvalue weighted by atomic mass is 19.1. The Morgan fingerprint density at radius 1 is 1.00 bits per heavy atom. The van der Waals surface area contributed by atoms with Crippen LogP contribution in [-0.4, -0.2) is 41.6 Å². The maximum atomic E-state index is 14.1. The molecule has 0 radical (unpaired) electrons. The molecule has 134 valence electrons. The largest absolute Gasteiger partial charge is 0.368 e. The zero-order chi connectivity index (χ0) is 18.3. The lowest BCUT2D eigenvalue weighted by atomic mass is 10.1. The topological polar surface area (TPSA) is 28.5 Å². The molecule has 1 amide bonds. The molecule has 0 aliphatic carbocycles. The van der Waals surface area contributed by atoms with Crippen LogP contribution >= 0.6 is 0 Å². The third kappa shape index (κ3) is 2.83. The van der Waals surface area contributed by atoms with Gasteiger partial charge in [0.25, 0.3) is 0 Å². The fourth-order valence-electron chi connectivity index (χ4n) is 3.73. The highest BCUT2D eigenvalue weighted by molar-refractivity contribution is 5.85. The second kappa shape index (κ2) is 6.48. The van der Waals surface area contributed by atoms with Crippen LogP contribution in [0.25, 0.3) is 16.6 Å². The number of aromatic nitrogens is 1. The lowest BCUT2D eigenvalue weighted by Gasteiger charge is -2.35. The maximum absolute atomic E-state index is 14.1. The number of aryl methyl sites for hydroxylation is 1. The Bertz CT molecular complexity index is 971. The first-order valence-corrected chi connectivity index (χ1v) is 8.91. The van der Waals surface area contributed by atoms with E-state index in [9.17, 15) is 9.18 Å². The van der Waals surface area contributed by atoms with E-state index < -0.39 is 0 Å². The molecule has 2 heterocycles. The number of rotatable bonds is 2. The molecule has 1 aliphatic heterocycles. The summed E-state index contributed by atoms with van der Waals surface area (Å²) < 4.78 is 16.2. The monoisotopic (exact) mass is 351 g/mol. The molecule has 26 heavy (non-hydrogen) atoms. The zero-order valence-electron chi connectivity index (χ0n) is 15.1. The average molecular weight is 351 g/mol. The van der Waals surface area contributed by atoms with Crippen molar-refractivity contribution in [2.75, 3.05) is 31.1 Å². The van der Waals surface area contributed by atoms with Crippen LogP contribution in [0.5, 0.6) is 0 Å². The summed E-state index contributed by atoms with van der Waals surface area (Å²) in [5, 5.41) is 0.644. The van der Waals surface area contributed by atoms with Gasteiger partial charge in [0.05, 0.1) is 5.52 Å². The molecule has 5 heteroatoms. The summed E-state index contributed by atoms with van der Waals surface area (Å²) in [4.78, 5) is 15.7. The number of carbonyl (C=O) groups is 1. The number of hydrogen-bond donors (Lipinski definition) is 0. The fraction of sp³-hybridized carbons (Fsp3) is 0.286. The normalized spacial score (nSPS) is 14.9. The predicted octanol–water partition coefficient (Wildman–Crippen LogP) is 3.75. The molecule has 1 aromatic heterocycles. The first-order chi connectivity index (χ1) is 12.5. The summed E-state index contributed by atoms with van der Waals surface area (Å²) in [7, 11) is 0. The van der Waals surface area contributed by atoms with Crippen molar-refractivity contribution in [3.63, 3.8) is 0 Å². The number of halogens is 1. The molecule has 0 N–H and O–H groups in total. The van der Waals surface area contributed by atoms with Crippen molar-refractivity contribution in [2.24, 2.45) is 0 Å². The molecule has 1 aliphatic rings. The number of nitrogens with zero attached hydrogens (tertiary/aromatic N) is 3. The van der Waals surface area contributed by atoms with E-state index in [1.54, 1.807) is 6.92 Å².